The maximum Gasteiger partial charge on any atom is 0.232 e. The van der Waals surface area contributed by atoms with Gasteiger partial charge in [0.1, 0.15) is 5.01 Å². The standard InChI is InChI=1S/C25H21ClN2OS/c1-17-22(30-25(28-17)20-14-8-9-15-21(20)26)16-27-24(29)23(18-10-4-2-5-11-18)19-12-6-3-7-13-19/h2-15,23H,16H2,1H3,(H,27,29). The first kappa shape index (κ1) is 20.3. The summed E-state index contributed by atoms with van der Waals surface area (Å²) in [4.78, 5) is 18.9. The average Bonchev–Trinajstić information content (AvgIpc) is 3.14. The van der Waals surface area contributed by atoms with E-state index < -0.39 is 0 Å². The summed E-state index contributed by atoms with van der Waals surface area (Å²) in [6.07, 6.45) is 0. The van der Waals surface area contributed by atoms with E-state index in [1.807, 2.05) is 91.9 Å². The molecule has 4 aromatic rings. The Morgan fingerprint density at radius 1 is 0.933 bits per heavy atom. The molecule has 0 aliphatic carbocycles. The van der Waals surface area contributed by atoms with Gasteiger partial charge in [-0.25, -0.2) is 4.98 Å². The van der Waals surface area contributed by atoms with Crippen LogP contribution in [0.25, 0.3) is 10.6 Å². The molecule has 4 rings (SSSR count). The van der Waals surface area contributed by atoms with Crippen molar-refractivity contribution in [2.24, 2.45) is 0 Å². The lowest BCUT2D eigenvalue weighted by atomic mass is 9.90. The molecule has 1 heterocycles. The summed E-state index contributed by atoms with van der Waals surface area (Å²) >= 11 is 7.88. The number of thiazole rings is 1. The summed E-state index contributed by atoms with van der Waals surface area (Å²) in [5.41, 5.74) is 3.76. The molecule has 30 heavy (non-hydrogen) atoms. The minimum Gasteiger partial charge on any atom is -0.350 e. The molecule has 0 aliphatic heterocycles. The highest BCUT2D eigenvalue weighted by atomic mass is 35.5. The first-order valence-electron chi connectivity index (χ1n) is 9.72. The van der Waals surface area contributed by atoms with Crippen LogP contribution in [0.2, 0.25) is 5.02 Å². The molecular formula is C25H21ClN2OS. The smallest absolute Gasteiger partial charge is 0.232 e. The molecule has 1 aromatic heterocycles. The van der Waals surface area contributed by atoms with Crippen molar-refractivity contribution in [2.75, 3.05) is 0 Å². The number of hydrogen-bond donors (Lipinski definition) is 1. The quantitative estimate of drug-likeness (QED) is 0.393. The van der Waals surface area contributed by atoms with Crippen molar-refractivity contribution < 1.29 is 4.79 Å². The van der Waals surface area contributed by atoms with Gasteiger partial charge < -0.3 is 5.32 Å². The second-order valence-electron chi connectivity index (χ2n) is 6.98. The minimum absolute atomic E-state index is 0.0282. The van der Waals surface area contributed by atoms with Crippen molar-refractivity contribution in [3.8, 4) is 10.6 Å². The van der Waals surface area contributed by atoms with Crippen molar-refractivity contribution >= 4 is 28.8 Å². The van der Waals surface area contributed by atoms with Crippen molar-refractivity contribution in [3.05, 3.63) is 112 Å². The van der Waals surface area contributed by atoms with Crippen LogP contribution in [0.3, 0.4) is 0 Å². The monoisotopic (exact) mass is 432 g/mol. The van der Waals surface area contributed by atoms with E-state index in [9.17, 15) is 4.79 Å². The van der Waals surface area contributed by atoms with Crippen LogP contribution in [0.15, 0.2) is 84.9 Å². The molecule has 0 atom stereocenters. The van der Waals surface area contributed by atoms with Crippen molar-refractivity contribution in [3.63, 3.8) is 0 Å². The molecule has 0 radical (unpaired) electrons. The number of rotatable bonds is 6. The van der Waals surface area contributed by atoms with Crippen LogP contribution in [-0.2, 0) is 11.3 Å². The normalized spacial score (nSPS) is 10.9. The van der Waals surface area contributed by atoms with E-state index in [4.69, 9.17) is 11.6 Å². The number of nitrogens with one attached hydrogen (secondary N) is 1. The lowest BCUT2D eigenvalue weighted by Crippen LogP contribution is -2.29. The second-order valence-corrected chi connectivity index (χ2v) is 8.47. The number of nitrogens with zero attached hydrogens (tertiary/aromatic N) is 1. The Labute approximate surface area is 185 Å². The molecule has 0 fully saturated rings. The Hall–Kier alpha value is -2.95. The van der Waals surface area contributed by atoms with Gasteiger partial charge in [0.05, 0.1) is 23.2 Å². The Kier molecular flexibility index (Phi) is 6.26. The fourth-order valence-corrected chi connectivity index (χ4v) is 4.72. The SMILES string of the molecule is Cc1nc(-c2ccccc2Cl)sc1CNC(=O)C(c1ccccc1)c1ccccc1. The van der Waals surface area contributed by atoms with Crippen molar-refractivity contribution in [1.82, 2.24) is 10.3 Å². The van der Waals surface area contributed by atoms with E-state index in [2.05, 4.69) is 10.3 Å². The summed E-state index contributed by atoms with van der Waals surface area (Å²) in [6, 6.07) is 27.4. The van der Waals surface area contributed by atoms with Crippen LogP contribution >= 0.6 is 22.9 Å². The predicted molar refractivity (Wildman–Crippen MR) is 124 cm³/mol. The number of hydrogen-bond acceptors (Lipinski definition) is 3. The molecule has 1 amide bonds. The lowest BCUT2D eigenvalue weighted by Gasteiger charge is -2.17. The Balaban J connectivity index is 1.55. The molecule has 0 spiro atoms. The molecule has 150 valence electrons. The van der Waals surface area contributed by atoms with Crippen LogP contribution in [0, 0.1) is 6.92 Å². The average molecular weight is 433 g/mol. The van der Waals surface area contributed by atoms with Crippen LogP contribution in [-0.4, -0.2) is 10.9 Å². The molecule has 0 unspecified atom stereocenters. The summed E-state index contributed by atoms with van der Waals surface area (Å²) in [6.45, 7) is 2.40. The van der Waals surface area contributed by atoms with Crippen molar-refractivity contribution in [1.29, 1.82) is 0 Å². The van der Waals surface area contributed by atoms with Gasteiger partial charge in [-0.15, -0.1) is 11.3 Å². The zero-order valence-corrected chi connectivity index (χ0v) is 18.1. The van der Waals surface area contributed by atoms with Crippen LogP contribution in [0.4, 0.5) is 0 Å². The van der Waals surface area contributed by atoms with Gasteiger partial charge in [0.25, 0.3) is 0 Å². The zero-order chi connectivity index (χ0) is 20.9. The number of benzene rings is 3. The van der Waals surface area contributed by atoms with Gasteiger partial charge in [0.2, 0.25) is 5.91 Å². The van der Waals surface area contributed by atoms with Crippen LogP contribution in [0.1, 0.15) is 27.6 Å². The first-order chi connectivity index (χ1) is 14.6. The van der Waals surface area contributed by atoms with Gasteiger partial charge in [-0.05, 0) is 24.1 Å². The molecule has 0 saturated carbocycles. The van der Waals surface area contributed by atoms with Crippen molar-refractivity contribution in [2.45, 2.75) is 19.4 Å². The second kappa shape index (κ2) is 9.24. The molecule has 5 heteroatoms. The molecule has 3 nitrogen and oxygen atoms in total. The van der Waals surface area contributed by atoms with Gasteiger partial charge in [-0.1, -0.05) is 90.5 Å². The van der Waals surface area contributed by atoms with E-state index in [1.54, 1.807) is 11.3 Å². The summed E-state index contributed by atoms with van der Waals surface area (Å²) in [5.74, 6) is -0.386. The van der Waals surface area contributed by atoms with Gasteiger partial charge in [0.15, 0.2) is 0 Å². The molecular weight excluding hydrogens is 412 g/mol. The third-order valence-electron chi connectivity index (χ3n) is 4.95. The zero-order valence-electron chi connectivity index (χ0n) is 16.5. The molecule has 0 aliphatic rings. The van der Waals surface area contributed by atoms with Gasteiger partial charge in [0, 0.05) is 10.4 Å². The maximum atomic E-state index is 13.2. The molecule has 0 bridgehead atoms. The number of aromatic nitrogens is 1. The lowest BCUT2D eigenvalue weighted by molar-refractivity contribution is -0.121. The Morgan fingerprint density at radius 2 is 1.50 bits per heavy atom. The van der Waals surface area contributed by atoms with E-state index in [0.717, 1.165) is 32.3 Å². The molecule has 3 aromatic carbocycles. The predicted octanol–water partition coefficient (Wildman–Crippen LogP) is 6.22. The fraction of sp³-hybridized carbons (Fsp3) is 0.120. The van der Waals surface area contributed by atoms with Gasteiger partial charge >= 0.3 is 0 Å². The van der Waals surface area contributed by atoms with E-state index in [0.29, 0.717) is 11.6 Å². The Morgan fingerprint density at radius 3 is 2.10 bits per heavy atom. The highest BCUT2D eigenvalue weighted by molar-refractivity contribution is 7.15. The minimum atomic E-state index is -0.358. The molecule has 1 N–H and O–H groups in total. The fourth-order valence-electron chi connectivity index (χ4n) is 3.40. The number of carbonyl (C=O) groups is 1. The van der Waals surface area contributed by atoms with Gasteiger partial charge in [-0.3, -0.25) is 4.79 Å². The van der Waals surface area contributed by atoms with E-state index in [-0.39, 0.29) is 11.8 Å². The summed E-state index contributed by atoms with van der Waals surface area (Å²) in [5, 5.41) is 4.66. The van der Waals surface area contributed by atoms with Crippen LogP contribution in [0.5, 0.6) is 0 Å². The highest BCUT2D eigenvalue weighted by Gasteiger charge is 2.23. The topological polar surface area (TPSA) is 42.0 Å². The number of aryl methyl sites for hydroxylation is 1. The largest absolute Gasteiger partial charge is 0.350 e. The third kappa shape index (κ3) is 4.45. The van der Waals surface area contributed by atoms with Gasteiger partial charge in [-0.2, -0.15) is 0 Å². The Bertz CT molecular complexity index is 1100. The van der Waals surface area contributed by atoms with E-state index in [1.165, 1.54) is 0 Å². The molecule has 0 saturated heterocycles. The number of halogens is 1. The first-order valence-corrected chi connectivity index (χ1v) is 10.9. The number of amides is 1. The third-order valence-corrected chi connectivity index (χ3v) is 6.47. The highest BCUT2D eigenvalue weighted by Crippen LogP contribution is 2.33. The maximum absolute atomic E-state index is 13.2. The summed E-state index contributed by atoms with van der Waals surface area (Å²) < 4.78 is 0. The summed E-state index contributed by atoms with van der Waals surface area (Å²) in [7, 11) is 0. The van der Waals surface area contributed by atoms with E-state index >= 15 is 0 Å². The number of carbonyl (C=O) groups excluding carboxylic acids is 1. The van der Waals surface area contributed by atoms with Crippen LogP contribution < -0.4 is 5.32 Å².